The quantitative estimate of drug-likeness (QED) is 0.593. The second kappa shape index (κ2) is 5.68. The molecular formula is C12H14N6O4S. The molecule has 1 aliphatic rings. The third kappa shape index (κ3) is 2.69. The van der Waals surface area contributed by atoms with Crippen molar-refractivity contribution in [1.82, 2.24) is 19.3 Å². The molecule has 1 fully saturated rings. The second-order valence-electron chi connectivity index (χ2n) is 5.09. The van der Waals surface area contributed by atoms with E-state index in [1.165, 1.54) is 28.6 Å². The highest BCUT2D eigenvalue weighted by molar-refractivity contribution is 7.89. The van der Waals surface area contributed by atoms with Crippen molar-refractivity contribution < 1.29 is 13.3 Å². The van der Waals surface area contributed by atoms with Crippen molar-refractivity contribution in [3.63, 3.8) is 0 Å². The zero-order valence-electron chi connectivity index (χ0n) is 11.9. The Balaban J connectivity index is 1.80. The summed E-state index contributed by atoms with van der Waals surface area (Å²) in [7, 11) is -3.91. The third-order valence-electron chi connectivity index (χ3n) is 3.65. The smallest absolute Gasteiger partial charge is 0.289 e. The molecule has 10 nitrogen and oxygen atoms in total. The lowest BCUT2D eigenvalue weighted by Gasteiger charge is -2.37. The van der Waals surface area contributed by atoms with Gasteiger partial charge in [-0.25, -0.2) is 13.1 Å². The van der Waals surface area contributed by atoms with Crippen molar-refractivity contribution in [1.29, 1.82) is 0 Å². The molecule has 23 heavy (non-hydrogen) atoms. The zero-order valence-corrected chi connectivity index (χ0v) is 12.8. The maximum atomic E-state index is 12.5. The van der Waals surface area contributed by atoms with Gasteiger partial charge in [0, 0.05) is 25.7 Å². The summed E-state index contributed by atoms with van der Waals surface area (Å²) in [6.07, 6.45) is 1.67. The molecule has 2 heterocycles. The number of nitrogens with zero attached hydrogens (tertiary/aromatic N) is 5. The van der Waals surface area contributed by atoms with E-state index in [0.717, 1.165) is 0 Å². The minimum atomic E-state index is -3.91. The topological polar surface area (TPSA) is 137 Å². The Labute approximate surface area is 131 Å². The Morgan fingerprint density at radius 3 is 2.65 bits per heavy atom. The molecule has 122 valence electrons. The van der Waals surface area contributed by atoms with Crippen LogP contribution in [0.15, 0.2) is 35.4 Å². The van der Waals surface area contributed by atoms with E-state index in [2.05, 4.69) is 10.3 Å². The van der Waals surface area contributed by atoms with Crippen LogP contribution in [0.4, 0.5) is 5.69 Å². The average Bonchev–Trinajstić information content (AvgIpc) is 2.94. The van der Waals surface area contributed by atoms with Crippen LogP contribution in [0, 0.1) is 10.1 Å². The van der Waals surface area contributed by atoms with Gasteiger partial charge in [0.2, 0.25) is 10.0 Å². The number of nitro groups is 1. The SMILES string of the molecule is NCc1cn(C2CN(S(=O)(=O)c3ccccc3[N+](=O)[O-])C2)nn1. The standard InChI is InChI=1S/C12H14N6O4S/c13-5-9-6-17(15-14-9)10-7-16(8-10)23(21,22)12-4-2-1-3-11(12)18(19)20/h1-4,6,10H,5,7-8,13H2. The van der Waals surface area contributed by atoms with Crippen LogP contribution in [0.25, 0.3) is 0 Å². The maximum Gasteiger partial charge on any atom is 0.289 e. The van der Waals surface area contributed by atoms with Crippen LogP contribution in [-0.2, 0) is 16.6 Å². The van der Waals surface area contributed by atoms with Crippen LogP contribution in [0.2, 0.25) is 0 Å². The van der Waals surface area contributed by atoms with Crippen LogP contribution in [0.3, 0.4) is 0 Å². The van der Waals surface area contributed by atoms with Gasteiger partial charge in [-0.05, 0) is 6.07 Å². The number of nitro benzene ring substituents is 1. The summed E-state index contributed by atoms with van der Waals surface area (Å²) in [6, 6.07) is 5.15. The van der Waals surface area contributed by atoms with Gasteiger partial charge in [-0.15, -0.1) is 5.10 Å². The summed E-state index contributed by atoms with van der Waals surface area (Å²) < 4.78 is 27.8. The van der Waals surface area contributed by atoms with Gasteiger partial charge in [0.15, 0.2) is 4.90 Å². The van der Waals surface area contributed by atoms with Crippen LogP contribution in [-0.4, -0.2) is 45.7 Å². The van der Waals surface area contributed by atoms with E-state index in [9.17, 15) is 18.5 Å². The Kier molecular flexibility index (Phi) is 3.83. The van der Waals surface area contributed by atoms with Crippen LogP contribution >= 0.6 is 0 Å². The van der Waals surface area contributed by atoms with E-state index in [-0.39, 0.29) is 30.6 Å². The van der Waals surface area contributed by atoms with Crippen molar-refractivity contribution in [2.75, 3.05) is 13.1 Å². The Hall–Kier alpha value is -2.37. The first-order valence-electron chi connectivity index (χ1n) is 6.78. The number of hydrogen-bond donors (Lipinski definition) is 1. The summed E-state index contributed by atoms with van der Waals surface area (Å²) >= 11 is 0. The van der Waals surface area contributed by atoms with Crippen LogP contribution in [0.5, 0.6) is 0 Å². The minimum absolute atomic E-state index is 0.152. The molecule has 0 aliphatic carbocycles. The van der Waals surface area contributed by atoms with Gasteiger partial charge in [0.25, 0.3) is 5.69 Å². The van der Waals surface area contributed by atoms with E-state index in [4.69, 9.17) is 5.73 Å². The summed E-state index contributed by atoms with van der Waals surface area (Å²) in [5.41, 5.74) is 5.64. The van der Waals surface area contributed by atoms with E-state index >= 15 is 0 Å². The molecule has 0 amide bonds. The molecule has 1 aliphatic heterocycles. The van der Waals surface area contributed by atoms with Crippen molar-refractivity contribution in [2.24, 2.45) is 5.73 Å². The van der Waals surface area contributed by atoms with Crippen molar-refractivity contribution in [3.05, 3.63) is 46.3 Å². The molecule has 0 bridgehead atoms. The summed E-state index contributed by atoms with van der Waals surface area (Å²) in [5, 5.41) is 18.8. The highest BCUT2D eigenvalue weighted by atomic mass is 32.2. The third-order valence-corrected chi connectivity index (χ3v) is 5.53. The van der Waals surface area contributed by atoms with Gasteiger partial charge in [0.05, 0.1) is 22.9 Å². The van der Waals surface area contributed by atoms with Crippen molar-refractivity contribution in [2.45, 2.75) is 17.5 Å². The first-order chi connectivity index (χ1) is 10.9. The molecule has 0 unspecified atom stereocenters. The minimum Gasteiger partial charge on any atom is -0.325 e. The first kappa shape index (κ1) is 15.5. The maximum absolute atomic E-state index is 12.5. The van der Waals surface area contributed by atoms with Gasteiger partial charge >= 0.3 is 0 Å². The predicted molar refractivity (Wildman–Crippen MR) is 78.8 cm³/mol. The first-order valence-corrected chi connectivity index (χ1v) is 8.22. The monoisotopic (exact) mass is 338 g/mol. The van der Waals surface area contributed by atoms with Gasteiger partial charge < -0.3 is 5.73 Å². The number of aromatic nitrogens is 3. The Morgan fingerprint density at radius 1 is 1.35 bits per heavy atom. The van der Waals surface area contributed by atoms with Gasteiger partial charge in [0.1, 0.15) is 0 Å². The number of rotatable bonds is 5. The molecule has 1 aromatic carbocycles. The summed E-state index contributed by atoms with van der Waals surface area (Å²) in [4.78, 5) is 10.0. The molecular weight excluding hydrogens is 324 g/mol. The predicted octanol–water partition coefficient (Wildman–Crippen LogP) is -0.109. The fourth-order valence-corrected chi connectivity index (χ4v) is 4.00. The zero-order chi connectivity index (χ0) is 16.6. The van der Waals surface area contributed by atoms with E-state index in [1.807, 2.05) is 0 Å². The molecule has 1 saturated heterocycles. The van der Waals surface area contributed by atoms with E-state index < -0.39 is 20.6 Å². The number of nitrogens with two attached hydrogens (primary N) is 1. The number of para-hydroxylation sites is 1. The Morgan fingerprint density at radius 2 is 2.04 bits per heavy atom. The molecule has 2 aromatic rings. The van der Waals surface area contributed by atoms with Gasteiger partial charge in [-0.2, -0.15) is 4.31 Å². The molecule has 0 radical (unpaired) electrons. The lowest BCUT2D eigenvalue weighted by atomic mass is 10.2. The fourth-order valence-electron chi connectivity index (χ4n) is 2.33. The largest absolute Gasteiger partial charge is 0.325 e. The number of hydrogen-bond acceptors (Lipinski definition) is 7. The second-order valence-corrected chi connectivity index (χ2v) is 7.00. The highest BCUT2D eigenvalue weighted by Crippen LogP contribution is 2.32. The fraction of sp³-hybridized carbons (Fsp3) is 0.333. The molecule has 3 rings (SSSR count). The van der Waals surface area contributed by atoms with E-state index in [0.29, 0.717) is 5.69 Å². The van der Waals surface area contributed by atoms with Crippen LogP contribution < -0.4 is 5.73 Å². The lowest BCUT2D eigenvalue weighted by Crippen LogP contribution is -2.50. The Bertz CT molecular complexity index is 843. The van der Waals surface area contributed by atoms with Crippen molar-refractivity contribution in [3.8, 4) is 0 Å². The van der Waals surface area contributed by atoms with Crippen molar-refractivity contribution >= 4 is 15.7 Å². The molecule has 0 spiro atoms. The average molecular weight is 338 g/mol. The molecule has 2 N–H and O–H groups in total. The molecule has 0 atom stereocenters. The molecule has 0 saturated carbocycles. The molecule has 1 aromatic heterocycles. The summed E-state index contributed by atoms with van der Waals surface area (Å²) in [6.45, 7) is 0.619. The highest BCUT2D eigenvalue weighted by Gasteiger charge is 2.40. The lowest BCUT2D eigenvalue weighted by molar-refractivity contribution is -0.387. The van der Waals surface area contributed by atoms with Gasteiger partial charge in [-0.3, -0.25) is 10.1 Å². The number of sulfonamides is 1. The van der Waals surface area contributed by atoms with E-state index in [1.54, 1.807) is 10.9 Å². The number of benzene rings is 1. The normalized spacial score (nSPS) is 16.2. The summed E-state index contributed by atoms with van der Waals surface area (Å²) in [5.74, 6) is 0. The van der Waals surface area contributed by atoms with Crippen LogP contribution in [0.1, 0.15) is 11.7 Å². The molecule has 11 heteroatoms. The van der Waals surface area contributed by atoms with Gasteiger partial charge in [-0.1, -0.05) is 17.3 Å².